The van der Waals surface area contributed by atoms with E-state index in [0.717, 1.165) is 24.1 Å². The van der Waals surface area contributed by atoms with Crippen molar-refractivity contribution in [3.63, 3.8) is 0 Å². The van der Waals surface area contributed by atoms with E-state index in [1.165, 1.54) is 32.6 Å². The molecule has 2 aliphatic rings. The minimum atomic E-state index is -0.391. The Labute approximate surface area is 131 Å². The van der Waals surface area contributed by atoms with Crippen molar-refractivity contribution < 1.29 is 9.59 Å². The van der Waals surface area contributed by atoms with Crippen LogP contribution in [0, 0.1) is 0 Å². The lowest BCUT2D eigenvalue weighted by atomic mass is 10.1. The van der Waals surface area contributed by atoms with Crippen molar-refractivity contribution in [2.75, 3.05) is 4.90 Å². The summed E-state index contributed by atoms with van der Waals surface area (Å²) in [6.45, 7) is 1.54. The largest absolute Gasteiger partial charge is 0.352 e. The van der Waals surface area contributed by atoms with Crippen molar-refractivity contribution in [2.45, 2.75) is 64.0 Å². The van der Waals surface area contributed by atoms with E-state index >= 15 is 0 Å². The molecule has 22 heavy (non-hydrogen) atoms. The second kappa shape index (κ2) is 6.51. The zero-order valence-corrected chi connectivity index (χ0v) is 13.2. The van der Waals surface area contributed by atoms with Gasteiger partial charge in [-0.05, 0) is 24.5 Å². The van der Waals surface area contributed by atoms with E-state index in [2.05, 4.69) is 5.32 Å². The summed E-state index contributed by atoms with van der Waals surface area (Å²) < 4.78 is 0. The van der Waals surface area contributed by atoms with E-state index < -0.39 is 6.04 Å². The highest BCUT2D eigenvalue weighted by atomic mass is 16.2. The van der Waals surface area contributed by atoms with E-state index in [9.17, 15) is 9.59 Å². The highest BCUT2D eigenvalue weighted by Gasteiger charge is 2.37. The Morgan fingerprint density at radius 2 is 1.77 bits per heavy atom. The van der Waals surface area contributed by atoms with Crippen LogP contribution in [0.3, 0.4) is 0 Å². The smallest absolute Gasteiger partial charge is 0.243 e. The van der Waals surface area contributed by atoms with Crippen LogP contribution in [0.15, 0.2) is 24.3 Å². The summed E-state index contributed by atoms with van der Waals surface area (Å²) in [7, 11) is 0. The normalized spacial score (nSPS) is 22.0. The molecule has 1 saturated carbocycles. The molecule has 0 bridgehead atoms. The number of benzene rings is 1. The van der Waals surface area contributed by atoms with Gasteiger partial charge in [0.1, 0.15) is 6.04 Å². The van der Waals surface area contributed by atoms with Gasteiger partial charge in [-0.2, -0.15) is 0 Å². The van der Waals surface area contributed by atoms with Crippen LogP contribution in [-0.2, 0) is 16.0 Å². The number of fused-ring (bicyclic) bond motifs is 1. The van der Waals surface area contributed by atoms with Gasteiger partial charge in [0.2, 0.25) is 11.8 Å². The van der Waals surface area contributed by atoms with Crippen LogP contribution in [0.5, 0.6) is 0 Å². The zero-order chi connectivity index (χ0) is 15.5. The second-order valence-electron chi connectivity index (χ2n) is 6.43. The van der Waals surface area contributed by atoms with Crippen LogP contribution in [0.4, 0.5) is 5.69 Å². The Morgan fingerprint density at radius 1 is 1.09 bits per heavy atom. The van der Waals surface area contributed by atoms with Gasteiger partial charge in [0.15, 0.2) is 0 Å². The summed E-state index contributed by atoms with van der Waals surface area (Å²) in [5, 5.41) is 3.19. The molecule has 1 heterocycles. The first-order valence-electron chi connectivity index (χ1n) is 8.35. The molecule has 0 saturated heterocycles. The molecule has 0 spiro atoms. The molecule has 2 amide bonds. The maximum absolute atomic E-state index is 12.7. The first kappa shape index (κ1) is 15.1. The molecule has 4 heteroatoms. The van der Waals surface area contributed by atoms with Gasteiger partial charge in [-0.15, -0.1) is 0 Å². The predicted octanol–water partition coefficient (Wildman–Crippen LogP) is 2.80. The van der Waals surface area contributed by atoms with E-state index in [0.29, 0.717) is 6.42 Å². The van der Waals surface area contributed by atoms with E-state index in [-0.39, 0.29) is 17.9 Å². The number of hydrogen-bond donors (Lipinski definition) is 1. The molecule has 1 aliphatic heterocycles. The Bertz CT molecular complexity index is 562. The van der Waals surface area contributed by atoms with Crippen LogP contribution < -0.4 is 10.2 Å². The van der Waals surface area contributed by atoms with Crippen LogP contribution in [0.2, 0.25) is 0 Å². The highest BCUT2D eigenvalue weighted by Crippen LogP contribution is 2.32. The molecular weight excluding hydrogens is 276 g/mol. The number of amides is 2. The monoisotopic (exact) mass is 300 g/mol. The van der Waals surface area contributed by atoms with Crippen molar-refractivity contribution in [1.29, 1.82) is 0 Å². The summed E-state index contributed by atoms with van der Waals surface area (Å²) >= 11 is 0. The van der Waals surface area contributed by atoms with Crippen molar-refractivity contribution in [2.24, 2.45) is 0 Å². The summed E-state index contributed by atoms with van der Waals surface area (Å²) in [6.07, 6.45) is 7.64. The standard InChI is InChI=1S/C18H24N2O2/c1-13(21)20-16-11-7-6-8-14(16)12-17(20)18(22)19-15-9-4-2-3-5-10-15/h6-8,11,15,17H,2-5,9-10,12H2,1H3,(H,19,22). The third kappa shape index (κ3) is 3.01. The minimum absolute atomic E-state index is 0.00157. The molecule has 1 aromatic carbocycles. The SMILES string of the molecule is CC(=O)N1c2ccccc2CC1C(=O)NC1CCCCCC1. The average molecular weight is 300 g/mol. The second-order valence-corrected chi connectivity index (χ2v) is 6.43. The Kier molecular flexibility index (Phi) is 4.46. The lowest BCUT2D eigenvalue weighted by molar-refractivity contribution is -0.126. The Balaban J connectivity index is 1.73. The summed E-state index contributed by atoms with van der Waals surface area (Å²) in [4.78, 5) is 26.4. The Morgan fingerprint density at radius 3 is 2.45 bits per heavy atom. The van der Waals surface area contributed by atoms with Crippen LogP contribution in [0.1, 0.15) is 51.0 Å². The molecule has 1 aromatic rings. The molecule has 0 aromatic heterocycles. The van der Waals surface area contributed by atoms with E-state index in [4.69, 9.17) is 0 Å². The molecular formula is C18H24N2O2. The lowest BCUT2D eigenvalue weighted by Gasteiger charge is -2.26. The van der Waals surface area contributed by atoms with Gasteiger partial charge in [0, 0.05) is 25.1 Å². The lowest BCUT2D eigenvalue weighted by Crippen LogP contribution is -2.50. The topological polar surface area (TPSA) is 49.4 Å². The maximum atomic E-state index is 12.7. The fourth-order valence-corrected chi connectivity index (χ4v) is 3.71. The van der Waals surface area contributed by atoms with Gasteiger partial charge in [-0.25, -0.2) is 0 Å². The molecule has 1 atom stereocenters. The molecule has 1 unspecified atom stereocenters. The third-order valence-corrected chi connectivity index (χ3v) is 4.82. The van der Waals surface area contributed by atoms with Crippen LogP contribution in [-0.4, -0.2) is 23.9 Å². The van der Waals surface area contributed by atoms with Gasteiger partial charge in [-0.1, -0.05) is 43.9 Å². The fourth-order valence-electron chi connectivity index (χ4n) is 3.71. The number of hydrogen-bond acceptors (Lipinski definition) is 2. The number of carbonyl (C=O) groups is 2. The van der Waals surface area contributed by atoms with Crippen molar-refractivity contribution >= 4 is 17.5 Å². The summed E-state index contributed by atoms with van der Waals surface area (Å²) in [5.41, 5.74) is 1.97. The van der Waals surface area contributed by atoms with Gasteiger partial charge in [-0.3, -0.25) is 14.5 Å². The number of anilines is 1. The number of rotatable bonds is 2. The van der Waals surface area contributed by atoms with Gasteiger partial charge in [0.05, 0.1) is 0 Å². The van der Waals surface area contributed by atoms with E-state index in [1.807, 2.05) is 24.3 Å². The number of carbonyl (C=O) groups excluding carboxylic acids is 2. The number of nitrogens with one attached hydrogen (secondary N) is 1. The average Bonchev–Trinajstić information content (AvgIpc) is 2.72. The molecule has 0 radical (unpaired) electrons. The first-order valence-corrected chi connectivity index (χ1v) is 8.35. The molecule has 118 valence electrons. The zero-order valence-electron chi connectivity index (χ0n) is 13.2. The molecule has 4 nitrogen and oxygen atoms in total. The highest BCUT2D eigenvalue weighted by molar-refractivity contribution is 6.02. The predicted molar refractivity (Wildman–Crippen MR) is 86.7 cm³/mol. The molecule has 1 N–H and O–H groups in total. The van der Waals surface area contributed by atoms with Crippen LogP contribution >= 0.6 is 0 Å². The van der Waals surface area contributed by atoms with E-state index in [1.54, 1.807) is 4.90 Å². The Hall–Kier alpha value is -1.84. The van der Waals surface area contributed by atoms with Crippen LogP contribution in [0.25, 0.3) is 0 Å². The number of para-hydroxylation sites is 1. The fraction of sp³-hybridized carbons (Fsp3) is 0.556. The molecule has 3 rings (SSSR count). The third-order valence-electron chi connectivity index (χ3n) is 4.82. The minimum Gasteiger partial charge on any atom is -0.352 e. The van der Waals surface area contributed by atoms with Crippen molar-refractivity contribution in [1.82, 2.24) is 5.32 Å². The van der Waals surface area contributed by atoms with Crippen molar-refractivity contribution in [3.05, 3.63) is 29.8 Å². The maximum Gasteiger partial charge on any atom is 0.243 e. The first-order chi connectivity index (χ1) is 10.7. The summed E-state index contributed by atoms with van der Waals surface area (Å²) in [5.74, 6) is -0.0655. The molecule has 1 fully saturated rings. The van der Waals surface area contributed by atoms with Crippen molar-refractivity contribution in [3.8, 4) is 0 Å². The summed E-state index contributed by atoms with van der Waals surface area (Å²) in [6, 6.07) is 7.69. The van der Waals surface area contributed by atoms with Gasteiger partial charge >= 0.3 is 0 Å². The molecule has 1 aliphatic carbocycles. The number of nitrogens with zero attached hydrogens (tertiary/aromatic N) is 1. The quantitative estimate of drug-likeness (QED) is 0.854. The van der Waals surface area contributed by atoms with Gasteiger partial charge < -0.3 is 5.32 Å². The van der Waals surface area contributed by atoms with Gasteiger partial charge in [0.25, 0.3) is 0 Å².